The quantitative estimate of drug-likeness (QED) is 0.648. The van der Waals surface area contributed by atoms with Crippen molar-refractivity contribution in [3.8, 4) is 5.75 Å². The van der Waals surface area contributed by atoms with Gasteiger partial charge in [-0.15, -0.1) is 0 Å². The summed E-state index contributed by atoms with van der Waals surface area (Å²) < 4.78 is 37.8. The van der Waals surface area contributed by atoms with Crippen molar-refractivity contribution in [1.82, 2.24) is 9.21 Å². The Morgan fingerprint density at radius 2 is 1.76 bits per heavy atom. The van der Waals surface area contributed by atoms with Gasteiger partial charge in [-0.2, -0.15) is 4.31 Å². The Labute approximate surface area is 171 Å². The number of piperidine rings is 1. The number of amides is 1. The molecule has 1 amide bonds. The van der Waals surface area contributed by atoms with E-state index < -0.39 is 10.0 Å². The molecule has 2 aliphatic heterocycles. The average molecular weight is 425 g/mol. The topological polar surface area (TPSA) is 93.2 Å². The molecule has 2 saturated heterocycles. The van der Waals surface area contributed by atoms with E-state index in [4.69, 9.17) is 9.47 Å². The van der Waals surface area contributed by atoms with Crippen molar-refractivity contribution in [2.24, 2.45) is 5.92 Å². The first-order valence-corrected chi connectivity index (χ1v) is 11.5. The summed E-state index contributed by atoms with van der Waals surface area (Å²) >= 11 is 0. The minimum atomic E-state index is -3.72. The van der Waals surface area contributed by atoms with E-state index >= 15 is 0 Å². The fourth-order valence-electron chi connectivity index (χ4n) is 3.84. The third-order valence-electron chi connectivity index (χ3n) is 5.50. The molecule has 0 aliphatic carbocycles. The summed E-state index contributed by atoms with van der Waals surface area (Å²) in [4.78, 5) is 26.5. The number of methoxy groups -OCH3 is 1. The van der Waals surface area contributed by atoms with Crippen molar-refractivity contribution in [2.75, 3.05) is 39.9 Å². The lowest BCUT2D eigenvalue weighted by Crippen LogP contribution is -2.40. The van der Waals surface area contributed by atoms with Crippen LogP contribution in [0.25, 0.3) is 0 Å². The zero-order valence-corrected chi connectivity index (χ0v) is 17.7. The first-order valence-electron chi connectivity index (χ1n) is 10.0. The smallest absolute Gasteiger partial charge is 0.309 e. The Morgan fingerprint density at radius 3 is 2.34 bits per heavy atom. The number of sulfonamides is 1. The molecule has 1 aromatic rings. The molecule has 0 atom stereocenters. The zero-order chi connectivity index (χ0) is 21.0. The third kappa shape index (κ3) is 4.56. The van der Waals surface area contributed by atoms with Gasteiger partial charge in [0.2, 0.25) is 10.0 Å². The van der Waals surface area contributed by atoms with E-state index in [1.807, 2.05) is 0 Å². The van der Waals surface area contributed by atoms with Gasteiger partial charge < -0.3 is 14.4 Å². The first kappa shape index (κ1) is 21.6. The number of nitrogens with zero attached hydrogens (tertiary/aromatic N) is 2. The van der Waals surface area contributed by atoms with E-state index in [0.717, 1.165) is 12.8 Å². The summed E-state index contributed by atoms with van der Waals surface area (Å²) in [5, 5.41) is 0. The molecule has 29 heavy (non-hydrogen) atoms. The number of carbonyl (C=O) groups excluding carboxylic acids is 2. The molecule has 8 nitrogen and oxygen atoms in total. The van der Waals surface area contributed by atoms with Crippen LogP contribution in [0.15, 0.2) is 23.1 Å². The van der Waals surface area contributed by atoms with Crippen molar-refractivity contribution in [2.45, 2.75) is 37.5 Å². The second-order valence-electron chi connectivity index (χ2n) is 7.30. The highest BCUT2D eigenvalue weighted by Crippen LogP contribution is 2.30. The van der Waals surface area contributed by atoms with Crippen molar-refractivity contribution < 1.29 is 27.5 Å². The van der Waals surface area contributed by atoms with Crippen LogP contribution in [0.5, 0.6) is 5.75 Å². The van der Waals surface area contributed by atoms with Gasteiger partial charge in [-0.1, -0.05) is 0 Å². The Morgan fingerprint density at radius 1 is 1.10 bits per heavy atom. The summed E-state index contributed by atoms with van der Waals surface area (Å²) in [5.74, 6) is -0.425. The molecule has 0 N–H and O–H groups in total. The lowest BCUT2D eigenvalue weighted by atomic mass is 9.96. The number of esters is 1. The van der Waals surface area contributed by atoms with E-state index in [2.05, 4.69) is 0 Å². The molecule has 0 spiro atoms. The second-order valence-corrected chi connectivity index (χ2v) is 9.20. The fraction of sp³-hybridized carbons (Fsp3) is 0.600. The van der Waals surface area contributed by atoms with Crippen LogP contribution < -0.4 is 4.74 Å². The molecule has 0 unspecified atom stereocenters. The van der Waals surface area contributed by atoms with Crippen LogP contribution in [0.2, 0.25) is 0 Å². The molecule has 9 heteroatoms. The molecule has 0 bridgehead atoms. The maximum Gasteiger partial charge on any atom is 0.309 e. The monoisotopic (exact) mass is 424 g/mol. The molecule has 0 saturated carbocycles. The molecule has 0 radical (unpaired) electrons. The highest BCUT2D eigenvalue weighted by Gasteiger charge is 2.32. The normalized spacial score (nSPS) is 18.6. The standard InChI is InChI=1S/C20H28N2O6S/c1-3-28-20(24)15-8-12-21(13-9-15)19(23)16-6-7-17(27-2)18(14-16)29(25,26)22-10-4-5-11-22/h6-7,14-15H,3-5,8-13H2,1-2H3. The van der Waals surface area contributed by atoms with Gasteiger partial charge in [-0.05, 0) is 50.8 Å². The van der Waals surface area contributed by atoms with Gasteiger partial charge in [0.15, 0.2) is 0 Å². The zero-order valence-electron chi connectivity index (χ0n) is 16.9. The lowest BCUT2D eigenvalue weighted by Gasteiger charge is -2.31. The predicted octanol–water partition coefficient (Wildman–Crippen LogP) is 1.90. The van der Waals surface area contributed by atoms with Crippen molar-refractivity contribution in [3.05, 3.63) is 23.8 Å². The van der Waals surface area contributed by atoms with Gasteiger partial charge in [-0.25, -0.2) is 8.42 Å². The number of carbonyl (C=O) groups is 2. The summed E-state index contributed by atoms with van der Waals surface area (Å²) in [6.45, 7) is 3.94. The summed E-state index contributed by atoms with van der Waals surface area (Å²) in [5.41, 5.74) is 0.304. The minimum Gasteiger partial charge on any atom is -0.495 e. The maximum absolute atomic E-state index is 13.0. The van der Waals surface area contributed by atoms with Crippen molar-refractivity contribution >= 4 is 21.9 Å². The Kier molecular flexibility index (Phi) is 6.79. The Hall–Kier alpha value is -2.13. The van der Waals surface area contributed by atoms with Gasteiger partial charge in [0, 0.05) is 31.7 Å². The van der Waals surface area contributed by atoms with Crippen molar-refractivity contribution in [1.29, 1.82) is 0 Å². The van der Waals surface area contributed by atoms with Crippen LogP contribution in [0.3, 0.4) is 0 Å². The summed E-state index contributed by atoms with van der Waals surface area (Å²) in [6.07, 6.45) is 2.74. The number of benzene rings is 1. The lowest BCUT2D eigenvalue weighted by molar-refractivity contribution is -0.149. The van der Waals surface area contributed by atoms with Crippen LogP contribution in [0.1, 0.15) is 43.0 Å². The molecule has 2 fully saturated rings. The number of likely N-dealkylation sites (tertiary alicyclic amines) is 1. The van der Waals surface area contributed by atoms with Gasteiger partial charge in [0.05, 0.1) is 19.6 Å². The number of rotatable bonds is 6. The minimum absolute atomic E-state index is 0.0224. The van der Waals surface area contributed by atoms with E-state index in [0.29, 0.717) is 51.2 Å². The van der Waals surface area contributed by atoms with Gasteiger partial charge >= 0.3 is 5.97 Å². The fourth-order valence-corrected chi connectivity index (χ4v) is 5.54. The highest BCUT2D eigenvalue weighted by molar-refractivity contribution is 7.89. The predicted molar refractivity (Wildman–Crippen MR) is 106 cm³/mol. The summed E-state index contributed by atoms with van der Waals surface area (Å²) in [7, 11) is -2.30. The highest BCUT2D eigenvalue weighted by atomic mass is 32.2. The van der Waals surface area contributed by atoms with Crippen LogP contribution in [-0.4, -0.2) is 69.4 Å². The number of hydrogen-bond donors (Lipinski definition) is 0. The molecule has 2 heterocycles. The van der Waals surface area contributed by atoms with Crippen LogP contribution in [0.4, 0.5) is 0 Å². The second kappa shape index (κ2) is 9.13. The molecule has 2 aliphatic rings. The molecule has 0 aromatic heterocycles. The van der Waals surface area contributed by atoms with E-state index in [9.17, 15) is 18.0 Å². The first-order chi connectivity index (χ1) is 13.9. The molecular formula is C20H28N2O6S. The summed E-state index contributed by atoms with van der Waals surface area (Å²) in [6, 6.07) is 4.52. The molecule has 160 valence electrons. The average Bonchev–Trinajstić information content (AvgIpc) is 3.29. The number of hydrogen-bond acceptors (Lipinski definition) is 6. The van der Waals surface area contributed by atoms with Crippen molar-refractivity contribution in [3.63, 3.8) is 0 Å². The third-order valence-corrected chi connectivity index (χ3v) is 7.42. The van der Waals surface area contributed by atoms with E-state index in [1.54, 1.807) is 17.9 Å². The SMILES string of the molecule is CCOC(=O)C1CCN(C(=O)c2ccc(OC)c(S(=O)(=O)N3CCCC3)c2)CC1. The van der Waals surface area contributed by atoms with Crippen LogP contribution in [-0.2, 0) is 19.6 Å². The largest absolute Gasteiger partial charge is 0.495 e. The molecule has 3 rings (SSSR count). The van der Waals surface area contributed by atoms with Crippen LogP contribution >= 0.6 is 0 Å². The van der Waals surface area contributed by atoms with Crippen LogP contribution in [0, 0.1) is 5.92 Å². The van der Waals surface area contributed by atoms with E-state index in [-0.39, 0.29) is 28.4 Å². The van der Waals surface area contributed by atoms with E-state index in [1.165, 1.54) is 23.5 Å². The van der Waals surface area contributed by atoms with Gasteiger partial charge in [0.1, 0.15) is 10.6 Å². The maximum atomic E-state index is 13.0. The van der Waals surface area contributed by atoms with Gasteiger partial charge in [-0.3, -0.25) is 9.59 Å². The molecular weight excluding hydrogens is 396 g/mol. The Bertz CT molecular complexity index is 856. The Balaban J connectivity index is 1.77. The number of ether oxygens (including phenoxy) is 2. The molecule has 1 aromatic carbocycles. The van der Waals surface area contributed by atoms with Gasteiger partial charge in [0.25, 0.3) is 5.91 Å².